The van der Waals surface area contributed by atoms with Crippen molar-refractivity contribution in [3.05, 3.63) is 72.9 Å². The van der Waals surface area contributed by atoms with E-state index in [2.05, 4.69) is 79.9 Å². The minimum atomic E-state index is -1.79. The van der Waals surface area contributed by atoms with Gasteiger partial charge in [-0.05, 0) is 70.6 Å². The van der Waals surface area contributed by atoms with Crippen LogP contribution in [0.3, 0.4) is 0 Å². The Labute approximate surface area is 504 Å². The summed E-state index contributed by atoms with van der Waals surface area (Å²) in [4.78, 5) is 13.3. The average Bonchev–Trinajstić information content (AvgIpc) is 3.58. The van der Waals surface area contributed by atoms with E-state index < -0.39 is 86.8 Å². The predicted octanol–water partition coefficient (Wildman–Crippen LogP) is 13.1. The van der Waals surface area contributed by atoms with Crippen LogP contribution in [0.1, 0.15) is 264 Å². The molecular weight excluding hydrogens is 1050 g/mol. The van der Waals surface area contributed by atoms with Gasteiger partial charge in [-0.15, -0.1) is 0 Å². The molecule has 83 heavy (non-hydrogen) atoms. The highest BCUT2D eigenvalue weighted by molar-refractivity contribution is 5.76. The number of nitrogens with one attached hydrogen (secondary N) is 1. The molecule has 14 nitrogen and oxygen atoms in total. The Hall–Kier alpha value is -2.57. The van der Waals surface area contributed by atoms with E-state index in [1.807, 2.05) is 6.08 Å². The van der Waals surface area contributed by atoms with E-state index in [0.29, 0.717) is 12.8 Å². The first-order chi connectivity index (χ1) is 40.6. The number of carbonyl (C=O) groups is 1. The van der Waals surface area contributed by atoms with Gasteiger partial charge in [-0.25, -0.2) is 0 Å². The molecule has 2 fully saturated rings. The first-order valence-corrected chi connectivity index (χ1v) is 33.7. The van der Waals surface area contributed by atoms with Gasteiger partial charge in [-0.2, -0.15) is 0 Å². The minimum absolute atomic E-state index is 0.248. The van der Waals surface area contributed by atoms with Crippen molar-refractivity contribution in [3.63, 3.8) is 0 Å². The highest BCUT2D eigenvalue weighted by Crippen LogP contribution is 2.30. The van der Waals surface area contributed by atoms with Gasteiger partial charge in [0.1, 0.15) is 48.8 Å². The van der Waals surface area contributed by atoms with Crippen LogP contribution in [-0.4, -0.2) is 140 Å². The van der Waals surface area contributed by atoms with Crippen molar-refractivity contribution in [2.75, 3.05) is 19.8 Å². The SMILES string of the molecule is CC/C=C\C/C=C\C/C=C\C/C=C\CCCCCCCCCCCCCCCCCCCCCCCCCCC(=O)NC(COC1OC(CO)C(OC2OC(CO)C(O)C(O)C2O)C(O)C1O)C(O)/C=C/CC/C=C/CCCCCCCC. The number of aliphatic hydroxyl groups is 8. The van der Waals surface area contributed by atoms with Gasteiger partial charge in [-0.3, -0.25) is 4.79 Å². The summed E-state index contributed by atoms with van der Waals surface area (Å²) >= 11 is 0. The summed E-state index contributed by atoms with van der Waals surface area (Å²) in [5.74, 6) is -0.248. The summed E-state index contributed by atoms with van der Waals surface area (Å²) in [6, 6.07) is -0.931. The van der Waals surface area contributed by atoms with Gasteiger partial charge in [-0.1, -0.05) is 260 Å². The van der Waals surface area contributed by atoms with E-state index >= 15 is 0 Å². The Morgan fingerprint density at radius 3 is 1.33 bits per heavy atom. The second kappa shape index (κ2) is 53.7. The van der Waals surface area contributed by atoms with Crippen molar-refractivity contribution in [3.8, 4) is 0 Å². The average molecular weight is 1170 g/mol. The highest BCUT2D eigenvalue weighted by atomic mass is 16.7. The number of amides is 1. The third kappa shape index (κ3) is 38.4. The molecule has 0 saturated carbocycles. The van der Waals surface area contributed by atoms with Crippen LogP contribution in [0.25, 0.3) is 0 Å². The van der Waals surface area contributed by atoms with Crippen LogP contribution in [-0.2, 0) is 23.7 Å². The number of hydrogen-bond donors (Lipinski definition) is 9. The first kappa shape index (κ1) is 76.5. The van der Waals surface area contributed by atoms with E-state index in [1.54, 1.807) is 6.08 Å². The largest absolute Gasteiger partial charge is 0.394 e. The fraction of sp³-hybridized carbons (Fsp3) is 0.812. The van der Waals surface area contributed by atoms with Crippen LogP contribution in [0.2, 0.25) is 0 Å². The molecule has 0 aromatic rings. The summed E-state index contributed by atoms with van der Waals surface area (Å²) in [6.45, 7) is 2.65. The number of rotatable bonds is 54. The number of allylic oxidation sites excluding steroid dienone is 11. The van der Waals surface area contributed by atoms with Crippen molar-refractivity contribution in [1.29, 1.82) is 0 Å². The summed E-state index contributed by atoms with van der Waals surface area (Å²) in [5.41, 5.74) is 0. The van der Waals surface area contributed by atoms with Crippen molar-refractivity contribution in [2.45, 2.75) is 338 Å². The predicted molar refractivity (Wildman–Crippen MR) is 337 cm³/mol. The number of hydrogen-bond acceptors (Lipinski definition) is 13. The van der Waals surface area contributed by atoms with Gasteiger partial charge in [0, 0.05) is 6.42 Å². The highest BCUT2D eigenvalue weighted by Gasteiger charge is 2.51. The van der Waals surface area contributed by atoms with Crippen LogP contribution in [0.4, 0.5) is 0 Å². The fourth-order valence-corrected chi connectivity index (χ4v) is 10.8. The smallest absolute Gasteiger partial charge is 0.220 e. The Morgan fingerprint density at radius 1 is 0.446 bits per heavy atom. The molecule has 0 aliphatic carbocycles. The standard InChI is InChI=1S/C69H123NO13/c1-3-5-7-9-11-13-15-17-18-19-20-21-22-23-24-25-26-27-28-29-30-31-32-33-34-35-36-37-38-39-40-41-43-45-47-49-51-53-61(74)70-57(58(73)52-50-48-46-44-42-16-14-12-10-8-6-4-2)56-80-68-66(79)64(77)67(60(55-72)82-68)83-69-65(78)63(76)62(75)59(54-71)81-69/h5,7,11,13,17-18,20-21,42,44,50,52,57-60,62-69,71-73,75-79H,3-4,6,8-10,12,14-16,19,22-41,43,45-49,51,53-56H2,1-2H3,(H,70,74)/b7-5-,13-11-,18-17-,21-20-,44-42+,52-50+. The molecule has 2 aliphatic heterocycles. The van der Waals surface area contributed by atoms with E-state index in [1.165, 1.54) is 173 Å². The zero-order valence-corrected chi connectivity index (χ0v) is 52.2. The van der Waals surface area contributed by atoms with Crippen molar-refractivity contribution in [2.24, 2.45) is 0 Å². The Balaban J connectivity index is 1.57. The number of ether oxygens (including phenoxy) is 4. The van der Waals surface area contributed by atoms with Crippen LogP contribution in [0.15, 0.2) is 72.9 Å². The maximum Gasteiger partial charge on any atom is 0.220 e. The molecule has 0 radical (unpaired) electrons. The number of unbranched alkanes of at least 4 members (excludes halogenated alkanes) is 31. The zero-order valence-electron chi connectivity index (χ0n) is 52.2. The molecule has 0 bridgehead atoms. The van der Waals surface area contributed by atoms with Crippen molar-refractivity contribution < 1.29 is 64.6 Å². The van der Waals surface area contributed by atoms with Gasteiger partial charge < -0.3 is 65.1 Å². The fourth-order valence-electron chi connectivity index (χ4n) is 10.8. The van der Waals surface area contributed by atoms with Crippen molar-refractivity contribution in [1.82, 2.24) is 5.32 Å². The van der Waals surface area contributed by atoms with E-state index in [9.17, 15) is 45.6 Å². The molecule has 0 aromatic heterocycles. The normalized spacial score (nSPS) is 24.3. The van der Waals surface area contributed by atoms with Gasteiger partial charge in [0.15, 0.2) is 12.6 Å². The Kier molecular flexibility index (Phi) is 49.5. The Bertz CT molecular complexity index is 1670. The minimum Gasteiger partial charge on any atom is -0.394 e. The molecule has 2 aliphatic rings. The van der Waals surface area contributed by atoms with Crippen LogP contribution < -0.4 is 5.32 Å². The molecular formula is C69H123NO13. The molecule has 2 rings (SSSR count). The third-order valence-electron chi connectivity index (χ3n) is 16.1. The summed E-state index contributed by atoms with van der Waals surface area (Å²) in [7, 11) is 0. The molecule has 0 aromatic carbocycles. The maximum absolute atomic E-state index is 13.3. The van der Waals surface area contributed by atoms with E-state index in [0.717, 1.165) is 57.8 Å². The van der Waals surface area contributed by atoms with Gasteiger partial charge in [0.05, 0.1) is 32.0 Å². The first-order valence-electron chi connectivity index (χ1n) is 33.7. The lowest BCUT2D eigenvalue weighted by Crippen LogP contribution is -2.65. The monoisotopic (exact) mass is 1170 g/mol. The lowest BCUT2D eigenvalue weighted by molar-refractivity contribution is -0.359. The lowest BCUT2D eigenvalue weighted by atomic mass is 9.97. The summed E-state index contributed by atoms with van der Waals surface area (Å²) in [6.07, 6.45) is 55.6. The Morgan fingerprint density at radius 2 is 0.843 bits per heavy atom. The molecule has 9 N–H and O–H groups in total. The van der Waals surface area contributed by atoms with Gasteiger partial charge >= 0.3 is 0 Å². The number of aliphatic hydroxyl groups excluding tert-OH is 8. The van der Waals surface area contributed by atoms with Crippen LogP contribution in [0, 0.1) is 0 Å². The summed E-state index contributed by atoms with van der Waals surface area (Å²) < 4.78 is 22.8. The molecule has 2 saturated heterocycles. The maximum atomic E-state index is 13.3. The zero-order chi connectivity index (χ0) is 60.2. The molecule has 1 amide bonds. The number of carbonyl (C=O) groups excluding carboxylic acids is 1. The molecule has 482 valence electrons. The quantitative estimate of drug-likeness (QED) is 0.0204. The van der Waals surface area contributed by atoms with Crippen LogP contribution >= 0.6 is 0 Å². The van der Waals surface area contributed by atoms with Crippen molar-refractivity contribution >= 4 is 5.91 Å². The second-order valence-electron chi connectivity index (χ2n) is 23.6. The summed E-state index contributed by atoms with van der Waals surface area (Å²) in [5, 5.41) is 87.1. The topological polar surface area (TPSA) is 228 Å². The second-order valence-corrected chi connectivity index (χ2v) is 23.6. The van der Waals surface area contributed by atoms with E-state index in [-0.39, 0.29) is 18.9 Å². The lowest BCUT2D eigenvalue weighted by Gasteiger charge is -2.46. The molecule has 12 atom stereocenters. The molecule has 12 unspecified atom stereocenters. The van der Waals surface area contributed by atoms with Gasteiger partial charge in [0.25, 0.3) is 0 Å². The molecule has 2 heterocycles. The molecule has 0 spiro atoms. The van der Waals surface area contributed by atoms with E-state index in [4.69, 9.17) is 18.9 Å². The third-order valence-corrected chi connectivity index (χ3v) is 16.1. The molecule has 14 heteroatoms. The van der Waals surface area contributed by atoms with Crippen LogP contribution in [0.5, 0.6) is 0 Å². The van der Waals surface area contributed by atoms with Gasteiger partial charge in [0.2, 0.25) is 5.91 Å².